The third kappa shape index (κ3) is 12.2. The lowest BCUT2D eigenvalue weighted by molar-refractivity contribution is 0.0699. The number of anilines is 1. The molecule has 2 N–H and O–H groups in total. The van der Waals surface area contributed by atoms with E-state index in [-0.39, 0.29) is 30.1 Å². The summed E-state index contributed by atoms with van der Waals surface area (Å²) in [6, 6.07) is 8.04. The van der Waals surface area contributed by atoms with E-state index in [9.17, 15) is 0 Å². The first kappa shape index (κ1) is 28.9. The lowest BCUT2D eigenvalue weighted by Gasteiger charge is -2.31. The van der Waals surface area contributed by atoms with E-state index in [2.05, 4.69) is 22.5 Å². The number of piperidine rings is 1. The minimum atomic E-state index is 0. The lowest BCUT2D eigenvalue weighted by atomic mass is 9.98. The van der Waals surface area contributed by atoms with Gasteiger partial charge in [-0.15, -0.1) is 24.0 Å². The van der Waals surface area contributed by atoms with E-state index in [0.29, 0.717) is 25.7 Å². The number of nitrogens with zero attached hydrogens (tertiary/aromatic N) is 2. The van der Waals surface area contributed by atoms with Crippen molar-refractivity contribution in [3.05, 3.63) is 24.3 Å². The van der Waals surface area contributed by atoms with E-state index in [1.807, 2.05) is 38.1 Å². The van der Waals surface area contributed by atoms with Gasteiger partial charge in [0.15, 0.2) is 5.96 Å². The van der Waals surface area contributed by atoms with Gasteiger partial charge in [0.1, 0.15) is 5.75 Å². The Morgan fingerprint density at radius 2 is 1.97 bits per heavy atom. The number of guanidine groups is 1. The van der Waals surface area contributed by atoms with Gasteiger partial charge >= 0.3 is 0 Å². The van der Waals surface area contributed by atoms with Crippen molar-refractivity contribution in [3.8, 4) is 5.75 Å². The molecule has 1 heterocycles. The predicted octanol–water partition coefficient (Wildman–Crippen LogP) is 4.23. The summed E-state index contributed by atoms with van der Waals surface area (Å²) in [5.41, 5.74) is 0.998. The zero-order chi connectivity index (χ0) is 22.3. The Morgan fingerprint density at radius 1 is 1.19 bits per heavy atom. The Bertz CT molecular complexity index is 628. The quantitative estimate of drug-likeness (QED) is 0.162. The second-order valence-corrected chi connectivity index (χ2v) is 8.29. The molecule has 8 heteroatoms. The van der Waals surface area contributed by atoms with E-state index in [0.717, 1.165) is 50.0 Å². The van der Waals surface area contributed by atoms with Crippen LogP contribution in [0.3, 0.4) is 0 Å². The topological polar surface area (TPSA) is 67.4 Å². The van der Waals surface area contributed by atoms with Crippen LogP contribution in [0.5, 0.6) is 5.75 Å². The number of likely N-dealkylation sites (tertiary alicyclic amines) is 1. The smallest absolute Gasteiger partial charge is 0.195 e. The van der Waals surface area contributed by atoms with Gasteiger partial charge in [0.2, 0.25) is 0 Å². The number of hydrogen-bond acceptors (Lipinski definition) is 5. The zero-order valence-corrected chi connectivity index (χ0v) is 22.6. The van der Waals surface area contributed by atoms with Gasteiger partial charge < -0.3 is 29.7 Å². The second kappa shape index (κ2) is 17.4. The van der Waals surface area contributed by atoms with Gasteiger partial charge in [-0.1, -0.05) is 6.92 Å². The number of hydrogen-bond donors (Lipinski definition) is 2. The number of nitrogens with one attached hydrogen (secondary N) is 2. The van der Waals surface area contributed by atoms with Crippen LogP contribution < -0.4 is 15.4 Å². The van der Waals surface area contributed by atoms with E-state index < -0.39 is 0 Å². The molecule has 7 nitrogen and oxygen atoms in total. The first-order valence-corrected chi connectivity index (χ1v) is 11.7. The lowest BCUT2D eigenvalue weighted by Crippen LogP contribution is -2.37. The first-order valence-electron chi connectivity index (χ1n) is 11.7. The van der Waals surface area contributed by atoms with Crippen LogP contribution in [0.25, 0.3) is 0 Å². The third-order valence-electron chi connectivity index (χ3n) is 5.24. The number of methoxy groups -OCH3 is 1. The molecule has 0 bridgehead atoms. The minimum absolute atomic E-state index is 0. The molecule has 1 atom stereocenters. The summed E-state index contributed by atoms with van der Waals surface area (Å²) in [5.74, 6) is 2.32. The van der Waals surface area contributed by atoms with Crippen molar-refractivity contribution in [1.82, 2.24) is 10.2 Å². The van der Waals surface area contributed by atoms with Crippen molar-refractivity contribution in [1.29, 1.82) is 0 Å². The number of ether oxygens (including phenoxy) is 3. The first-order chi connectivity index (χ1) is 15.1. The molecule has 0 amide bonds. The normalized spacial score (nSPS) is 17.2. The Hall–Kier alpha value is -1.10. The van der Waals surface area contributed by atoms with Crippen LogP contribution in [0.15, 0.2) is 29.3 Å². The number of halogens is 1. The average molecular weight is 563 g/mol. The fraction of sp³-hybridized carbons (Fsp3) is 0.708. The molecule has 1 fully saturated rings. The van der Waals surface area contributed by atoms with E-state index >= 15 is 0 Å². The largest absolute Gasteiger partial charge is 0.491 e. The highest BCUT2D eigenvalue weighted by Crippen LogP contribution is 2.18. The Labute approximate surface area is 211 Å². The van der Waals surface area contributed by atoms with Crippen molar-refractivity contribution >= 4 is 35.6 Å². The number of rotatable bonds is 13. The van der Waals surface area contributed by atoms with Crippen LogP contribution >= 0.6 is 24.0 Å². The maximum Gasteiger partial charge on any atom is 0.195 e. The van der Waals surface area contributed by atoms with Gasteiger partial charge in [-0.05, 0) is 76.4 Å². The van der Waals surface area contributed by atoms with Crippen molar-refractivity contribution in [2.75, 3.05) is 65.0 Å². The molecular formula is C24H43IN4O3. The molecular weight excluding hydrogens is 519 g/mol. The SMILES string of the molecule is CCN1CCCC(CN=C(NCCCOCCOC)Nc2ccc(OC(C)C)cc2)C1.I. The van der Waals surface area contributed by atoms with Crippen molar-refractivity contribution in [3.63, 3.8) is 0 Å². The van der Waals surface area contributed by atoms with Gasteiger partial charge in [0.25, 0.3) is 0 Å². The van der Waals surface area contributed by atoms with Crippen LogP contribution in [0.2, 0.25) is 0 Å². The van der Waals surface area contributed by atoms with Crippen molar-refractivity contribution in [2.45, 2.75) is 46.1 Å². The molecule has 0 aromatic heterocycles. The average Bonchev–Trinajstić information content (AvgIpc) is 2.77. The van der Waals surface area contributed by atoms with Crippen LogP contribution in [0, 0.1) is 5.92 Å². The van der Waals surface area contributed by atoms with Gasteiger partial charge in [0.05, 0.1) is 19.3 Å². The van der Waals surface area contributed by atoms with E-state index in [4.69, 9.17) is 19.2 Å². The maximum atomic E-state index is 5.74. The molecule has 1 aliphatic heterocycles. The molecule has 0 radical (unpaired) electrons. The Balaban J connectivity index is 0.00000512. The molecule has 0 spiro atoms. The van der Waals surface area contributed by atoms with E-state index in [1.165, 1.54) is 19.4 Å². The Kier molecular flexibility index (Phi) is 15.7. The third-order valence-corrected chi connectivity index (χ3v) is 5.24. The highest BCUT2D eigenvalue weighted by Gasteiger charge is 2.18. The number of benzene rings is 1. The molecule has 1 saturated heterocycles. The summed E-state index contributed by atoms with van der Waals surface area (Å²) in [4.78, 5) is 7.43. The fourth-order valence-electron chi connectivity index (χ4n) is 3.60. The van der Waals surface area contributed by atoms with Gasteiger partial charge in [0, 0.05) is 39.0 Å². The summed E-state index contributed by atoms with van der Waals surface area (Å²) in [6.45, 7) is 13.4. The summed E-state index contributed by atoms with van der Waals surface area (Å²) in [5, 5.41) is 6.90. The standard InChI is InChI=1S/C24H42N4O3.HI/c1-5-28-14-6-8-21(19-28)18-26-24(25-13-7-15-30-17-16-29-4)27-22-9-11-23(12-10-22)31-20(2)3;/h9-12,20-21H,5-8,13-19H2,1-4H3,(H2,25,26,27);1H. The molecule has 1 unspecified atom stereocenters. The van der Waals surface area contributed by atoms with Crippen LogP contribution in [0.4, 0.5) is 5.69 Å². The molecule has 1 aromatic carbocycles. The molecule has 0 saturated carbocycles. The maximum absolute atomic E-state index is 5.74. The van der Waals surface area contributed by atoms with Crippen molar-refractivity contribution < 1.29 is 14.2 Å². The fourth-order valence-corrected chi connectivity index (χ4v) is 3.60. The molecule has 184 valence electrons. The van der Waals surface area contributed by atoms with Gasteiger partial charge in [-0.3, -0.25) is 4.99 Å². The summed E-state index contributed by atoms with van der Waals surface area (Å²) < 4.78 is 16.3. The predicted molar refractivity (Wildman–Crippen MR) is 144 cm³/mol. The monoisotopic (exact) mass is 562 g/mol. The van der Waals surface area contributed by atoms with E-state index in [1.54, 1.807) is 7.11 Å². The molecule has 32 heavy (non-hydrogen) atoms. The molecule has 1 aliphatic rings. The van der Waals surface area contributed by atoms with Gasteiger partial charge in [-0.2, -0.15) is 0 Å². The highest BCUT2D eigenvalue weighted by atomic mass is 127. The summed E-state index contributed by atoms with van der Waals surface area (Å²) >= 11 is 0. The zero-order valence-electron chi connectivity index (χ0n) is 20.3. The summed E-state index contributed by atoms with van der Waals surface area (Å²) in [6.07, 6.45) is 3.60. The highest BCUT2D eigenvalue weighted by molar-refractivity contribution is 14.0. The van der Waals surface area contributed by atoms with Crippen LogP contribution in [0.1, 0.15) is 40.0 Å². The Morgan fingerprint density at radius 3 is 2.66 bits per heavy atom. The minimum Gasteiger partial charge on any atom is -0.491 e. The molecule has 2 rings (SSSR count). The number of aliphatic imine (C=N–C) groups is 1. The van der Waals surface area contributed by atoms with Crippen LogP contribution in [-0.2, 0) is 9.47 Å². The second-order valence-electron chi connectivity index (χ2n) is 8.29. The molecule has 0 aliphatic carbocycles. The van der Waals surface area contributed by atoms with Gasteiger partial charge in [-0.25, -0.2) is 0 Å². The summed E-state index contributed by atoms with van der Waals surface area (Å²) in [7, 11) is 1.69. The van der Waals surface area contributed by atoms with Crippen molar-refractivity contribution in [2.24, 2.45) is 10.9 Å². The van der Waals surface area contributed by atoms with Crippen LogP contribution in [-0.4, -0.2) is 76.6 Å². The molecule has 1 aromatic rings.